The highest BCUT2D eigenvalue weighted by molar-refractivity contribution is 9.10. The fraction of sp³-hybridized carbons (Fsp3) is 0.583. The lowest BCUT2D eigenvalue weighted by Crippen LogP contribution is -2.49. The van der Waals surface area contributed by atoms with Gasteiger partial charge in [0.05, 0.1) is 0 Å². The van der Waals surface area contributed by atoms with Crippen LogP contribution < -0.4 is 5.73 Å². The van der Waals surface area contributed by atoms with Crippen molar-refractivity contribution in [3.8, 4) is 0 Å². The van der Waals surface area contributed by atoms with E-state index < -0.39 is 0 Å². The van der Waals surface area contributed by atoms with Crippen LogP contribution in [0, 0.1) is 5.92 Å². The Morgan fingerprint density at radius 1 is 1.71 bits per heavy atom. The third-order valence-corrected chi connectivity index (χ3v) is 5.15. The molecule has 94 valence electrons. The number of amides is 1. The lowest BCUT2D eigenvalue weighted by atomic mass is 9.92. The molecule has 2 heterocycles. The van der Waals surface area contributed by atoms with Crippen molar-refractivity contribution in [3.05, 3.63) is 20.8 Å². The van der Waals surface area contributed by atoms with Crippen molar-refractivity contribution in [1.82, 2.24) is 4.90 Å². The predicted molar refractivity (Wildman–Crippen MR) is 74.3 cm³/mol. The van der Waals surface area contributed by atoms with Crippen molar-refractivity contribution in [2.24, 2.45) is 11.7 Å². The van der Waals surface area contributed by atoms with Gasteiger partial charge in [0.15, 0.2) is 0 Å². The van der Waals surface area contributed by atoms with Gasteiger partial charge >= 0.3 is 0 Å². The van der Waals surface area contributed by atoms with Gasteiger partial charge in [-0.15, -0.1) is 11.3 Å². The van der Waals surface area contributed by atoms with Crippen LogP contribution in [0.4, 0.5) is 0 Å². The molecule has 1 saturated heterocycles. The number of likely N-dealkylation sites (tertiary alicyclic amines) is 1. The lowest BCUT2D eigenvalue weighted by Gasteiger charge is -2.37. The van der Waals surface area contributed by atoms with Crippen LogP contribution in [0.5, 0.6) is 0 Å². The van der Waals surface area contributed by atoms with Gasteiger partial charge in [0, 0.05) is 23.6 Å². The smallest absolute Gasteiger partial charge is 0.265 e. The van der Waals surface area contributed by atoms with Gasteiger partial charge in [-0.3, -0.25) is 4.79 Å². The van der Waals surface area contributed by atoms with Gasteiger partial charge in [-0.25, -0.2) is 0 Å². The lowest BCUT2D eigenvalue weighted by molar-refractivity contribution is 0.0578. The molecule has 0 spiro atoms. The number of hydrogen-bond donors (Lipinski definition) is 1. The number of hydrogen-bond acceptors (Lipinski definition) is 3. The zero-order valence-corrected chi connectivity index (χ0v) is 12.3. The number of piperidine rings is 1. The molecule has 2 unspecified atom stereocenters. The van der Waals surface area contributed by atoms with Crippen molar-refractivity contribution in [2.75, 3.05) is 13.1 Å². The third-order valence-electron chi connectivity index (χ3n) is 3.32. The minimum Gasteiger partial charge on any atom is -0.334 e. The average molecular weight is 317 g/mol. The normalized spacial score (nSPS) is 25.0. The average Bonchev–Trinajstić information content (AvgIpc) is 2.74. The zero-order chi connectivity index (χ0) is 12.4. The van der Waals surface area contributed by atoms with Crippen LogP contribution in [-0.4, -0.2) is 29.9 Å². The van der Waals surface area contributed by atoms with E-state index in [-0.39, 0.29) is 11.9 Å². The Kier molecular flexibility index (Phi) is 4.22. The van der Waals surface area contributed by atoms with Gasteiger partial charge in [-0.1, -0.05) is 6.92 Å². The zero-order valence-electron chi connectivity index (χ0n) is 9.86. The molecule has 3 nitrogen and oxygen atoms in total. The summed E-state index contributed by atoms with van der Waals surface area (Å²) in [6, 6.07) is 2.11. The minimum absolute atomic E-state index is 0.120. The number of halogens is 1. The van der Waals surface area contributed by atoms with Gasteiger partial charge in [0.1, 0.15) is 4.88 Å². The summed E-state index contributed by atoms with van der Waals surface area (Å²) in [5.41, 5.74) is 5.78. The van der Waals surface area contributed by atoms with E-state index in [1.54, 1.807) is 0 Å². The molecular weight excluding hydrogens is 300 g/mol. The van der Waals surface area contributed by atoms with Crippen LogP contribution in [0.15, 0.2) is 15.9 Å². The Hall–Kier alpha value is -0.390. The summed E-state index contributed by atoms with van der Waals surface area (Å²) in [5.74, 6) is 0.786. The molecule has 5 heteroatoms. The molecular formula is C12H17BrN2OS. The summed E-state index contributed by atoms with van der Waals surface area (Å²) < 4.78 is 0.891. The number of carbonyl (C=O) groups is 1. The van der Waals surface area contributed by atoms with Crippen molar-refractivity contribution in [1.29, 1.82) is 0 Å². The maximum Gasteiger partial charge on any atom is 0.265 e. The van der Waals surface area contributed by atoms with E-state index >= 15 is 0 Å². The summed E-state index contributed by atoms with van der Waals surface area (Å²) in [4.78, 5) is 15.1. The Morgan fingerprint density at radius 2 is 2.47 bits per heavy atom. The second-order valence-corrected chi connectivity index (χ2v) is 6.39. The van der Waals surface area contributed by atoms with Crippen LogP contribution in [0.3, 0.4) is 0 Å². The molecule has 2 N–H and O–H groups in total. The summed E-state index contributed by atoms with van der Waals surface area (Å²) in [7, 11) is 0. The van der Waals surface area contributed by atoms with Crippen molar-refractivity contribution < 1.29 is 4.79 Å². The van der Waals surface area contributed by atoms with E-state index in [4.69, 9.17) is 5.73 Å². The highest BCUT2D eigenvalue weighted by Crippen LogP contribution is 2.28. The molecule has 1 fully saturated rings. The second kappa shape index (κ2) is 5.50. The van der Waals surface area contributed by atoms with Crippen LogP contribution >= 0.6 is 27.3 Å². The van der Waals surface area contributed by atoms with Gasteiger partial charge < -0.3 is 10.6 Å². The van der Waals surface area contributed by atoms with E-state index in [1.807, 2.05) is 16.3 Å². The Balaban J connectivity index is 2.16. The standard InChI is InChI=1S/C12H17BrN2OS/c1-8-2-4-15(9(6-8)7-14)12(16)11-10(13)3-5-17-11/h3,5,8-9H,2,4,6-7,14H2,1H3. The van der Waals surface area contributed by atoms with E-state index in [9.17, 15) is 4.79 Å². The number of nitrogens with two attached hydrogens (primary N) is 1. The van der Waals surface area contributed by atoms with E-state index in [1.165, 1.54) is 11.3 Å². The molecule has 0 saturated carbocycles. The maximum absolute atomic E-state index is 12.4. The Bertz CT molecular complexity index is 407. The van der Waals surface area contributed by atoms with Gasteiger partial charge in [-0.05, 0) is 46.1 Å². The van der Waals surface area contributed by atoms with Gasteiger partial charge in [0.25, 0.3) is 5.91 Å². The van der Waals surface area contributed by atoms with Crippen molar-refractivity contribution in [3.63, 3.8) is 0 Å². The van der Waals surface area contributed by atoms with Crippen LogP contribution in [0.25, 0.3) is 0 Å². The third kappa shape index (κ3) is 2.72. The number of carbonyl (C=O) groups excluding carboxylic acids is 1. The number of thiophene rings is 1. The van der Waals surface area contributed by atoms with Crippen LogP contribution in [0.1, 0.15) is 29.4 Å². The molecule has 0 aliphatic carbocycles. The first-order valence-corrected chi connectivity index (χ1v) is 7.54. The largest absolute Gasteiger partial charge is 0.334 e. The van der Waals surface area contributed by atoms with Crippen molar-refractivity contribution in [2.45, 2.75) is 25.8 Å². The molecule has 1 amide bonds. The van der Waals surface area contributed by atoms with Gasteiger partial charge in [0.2, 0.25) is 0 Å². The molecule has 1 aliphatic rings. The highest BCUT2D eigenvalue weighted by atomic mass is 79.9. The number of rotatable bonds is 2. The Morgan fingerprint density at radius 3 is 3.06 bits per heavy atom. The summed E-state index contributed by atoms with van der Waals surface area (Å²) in [6.45, 7) is 3.61. The monoisotopic (exact) mass is 316 g/mol. The number of nitrogens with zero attached hydrogens (tertiary/aromatic N) is 1. The first kappa shape index (κ1) is 13.1. The van der Waals surface area contributed by atoms with Crippen molar-refractivity contribution >= 4 is 33.2 Å². The minimum atomic E-state index is 0.120. The van der Waals surface area contributed by atoms with E-state index in [2.05, 4.69) is 22.9 Å². The fourth-order valence-corrected chi connectivity index (χ4v) is 3.82. The molecule has 17 heavy (non-hydrogen) atoms. The van der Waals surface area contributed by atoms with Gasteiger partial charge in [-0.2, -0.15) is 0 Å². The van der Waals surface area contributed by atoms with Crippen LogP contribution in [0.2, 0.25) is 0 Å². The molecule has 0 radical (unpaired) electrons. The molecule has 1 aliphatic heterocycles. The Labute approximate surface area is 114 Å². The summed E-state index contributed by atoms with van der Waals surface area (Å²) >= 11 is 4.90. The topological polar surface area (TPSA) is 46.3 Å². The highest BCUT2D eigenvalue weighted by Gasteiger charge is 2.30. The SMILES string of the molecule is CC1CCN(C(=O)c2sccc2Br)C(CN)C1. The second-order valence-electron chi connectivity index (χ2n) is 4.62. The van der Waals surface area contributed by atoms with Crippen LogP contribution in [-0.2, 0) is 0 Å². The summed E-state index contributed by atoms with van der Waals surface area (Å²) in [5, 5.41) is 1.93. The quantitative estimate of drug-likeness (QED) is 0.911. The predicted octanol–water partition coefficient (Wildman–Crippen LogP) is 2.71. The molecule has 2 rings (SSSR count). The first-order valence-electron chi connectivity index (χ1n) is 5.87. The maximum atomic E-state index is 12.4. The fourth-order valence-electron chi connectivity index (χ4n) is 2.32. The first-order chi connectivity index (χ1) is 8.13. The van der Waals surface area contributed by atoms with E-state index in [0.29, 0.717) is 12.5 Å². The summed E-state index contributed by atoms with van der Waals surface area (Å²) in [6.07, 6.45) is 2.09. The molecule has 2 atom stereocenters. The van der Waals surface area contributed by atoms with E-state index in [0.717, 1.165) is 28.7 Å². The molecule has 0 aromatic carbocycles. The molecule has 1 aromatic heterocycles. The molecule has 0 bridgehead atoms. The molecule has 1 aromatic rings.